The summed E-state index contributed by atoms with van der Waals surface area (Å²) < 4.78 is 25.0. The van der Waals surface area contributed by atoms with Crippen molar-refractivity contribution in [3.63, 3.8) is 0 Å². The molecule has 0 unspecified atom stereocenters. The highest BCUT2D eigenvalue weighted by atomic mass is 32.2. The molecule has 1 saturated heterocycles. The predicted molar refractivity (Wildman–Crippen MR) is 98.2 cm³/mol. The molecule has 132 valence electrons. The van der Waals surface area contributed by atoms with Crippen molar-refractivity contribution in [3.8, 4) is 0 Å². The van der Waals surface area contributed by atoms with Gasteiger partial charge in [-0.15, -0.1) is 0 Å². The number of benzene rings is 2. The zero-order chi connectivity index (χ0) is 17.6. The van der Waals surface area contributed by atoms with Gasteiger partial charge < -0.3 is 0 Å². The van der Waals surface area contributed by atoms with Crippen LogP contribution in [0.4, 0.5) is 5.69 Å². The highest BCUT2D eigenvalue weighted by Crippen LogP contribution is 2.37. The Morgan fingerprint density at radius 1 is 1.00 bits per heavy atom. The van der Waals surface area contributed by atoms with Crippen LogP contribution in [0.25, 0.3) is 10.8 Å². The first-order chi connectivity index (χ1) is 11.9. The van der Waals surface area contributed by atoms with Crippen LogP contribution < -0.4 is 4.90 Å². The van der Waals surface area contributed by atoms with Crippen LogP contribution in [0.5, 0.6) is 0 Å². The molecule has 0 atom stereocenters. The minimum Gasteiger partial charge on any atom is -0.294 e. The molecule has 2 aliphatic heterocycles. The van der Waals surface area contributed by atoms with Gasteiger partial charge in [-0.05, 0) is 23.9 Å². The summed E-state index contributed by atoms with van der Waals surface area (Å²) in [5.41, 5.74) is 1.70. The Morgan fingerprint density at radius 2 is 1.76 bits per heavy atom. The first-order valence-corrected chi connectivity index (χ1v) is 10.3. The van der Waals surface area contributed by atoms with Gasteiger partial charge >= 0.3 is 0 Å². The SMILES string of the molecule is CS(=O)(=O)N1CCCN(CN2C(=O)c3cccc4cccc2c34)CC1. The molecule has 1 fully saturated rings. The van der Waals surface area contributed by atoms with Gasteiger partial charge in [0.1, 0.15) is 0 Å². The Hall–Kier alpha value is -1.96. The smallest absolute Gasteiger partial charge is 0.260 e. The average Bonchev–Trinajstić information content (AvgIpc) is 2.76. The van der Waals surface area contributed by atoms with E-state index in [9.17, 15) is 13.2 Å². The Kier molecular flexibility index (Phi) is 4.02. The van der Waals surface area contributed by atoms with Gasteiger partial charge in [-0.25, -0.2) is 12.7 Å². The van der Waals surface area contributed by atoms with Crippen molar-refractivity contribution in [1.82, 2.24) is 9.21 Å². The molecule has 0 radical (unpaired) electrons. The maximum Gasteiger partial charge on any atom is 0.260 e. The van der Waals surface area contributed by atoms with Crippen LogP contribution in [0.3, 0.4) is 0 Å². The summed E-state index contributed by atoms with van der Waals surface area (Å²) in [5.74, 6) is 0.0241. The number of amides is 1. The highest BCUT2D eigenvalue weighted by molar-refractivity contribution is 7.88. The molecule has 2 aliphatic rings. The molecular formula is C18H21N3O3S. The zero-order valence-corrected chi connectivity index (χ0v) is 15.0. The number of hydrogen-bond acceptors (Lipinski definition) is 4. The fraction of sp³-hybridized carbons (Fsp3) is 0.389. The lowest BCUT2D eigenvalue weighted by molar-refractivity contribution is 0.0975. The maximum atomic E-state index is 12.9. The topological polar surface area (TPSA) is 60.9 Å². The maximum absolute atomic E-state index is 12.9. The second-order valence-corrected chi connectivity index (χ2v) is 8.67. The van der Waals surface area contributed by atoms with Gasteiger partial charge in [0.25, 0.3) is 5.91 Å². The average molecular weight is 359 g/mol. The fourth-order valence-electron chi connectivity index (χ4n) is 3.74. The second-order valence-electron chi connectivity index (χ2n) is 6.69. The molecule has 0 spiro atoms. The van der Waals surface area contributed by atoms with Gasteiger partial charge in [0, 0.05) is 37.1 Å². The molecule has 2 aromatic carbocycles. The molecule has 4 rings (SSSR count). The number of sulfonamides is 1. The molecule has 2 aromatic rings. The molecule has 0 bridgehead atoms. The van der Waals surface area contributed by atoms with Gasteiger partial charge in [-0.1, -0.05) is 24.3 Å². The molecule has 0 saturated carbocycles. The predicted octanol–water partition coefficient (Wildman–Crippen LogP) is 1.72. The van der Waals surface area contributed by atoms with Crippen molar-refractivity contribution in [1.29, 1.82) is 0 Å². The zero-order valence-electron chi connectivity index (χ0n) is 14.2. The third kappa shape index (κ3) is 2.92. The third-order valence-electron chi connectivity index (χ3n) is 5.01. The van der Waals surface area contributed by atoms with Gasteiger partial charge in [-0.2, -0.15) is 0 Å². The van der Waals surface area contributed by atoms with Crippen molar-refractivity contribution in [2.75, 3.05) is 44.0 Å². The van der Waals surface area contributed by atoms with E-state index in [4.69, 9.17) is 0 Å². The molecule has 0 N–H and O–H groups in total. The largest absolute Gasteiger partial charge is 0.294 e. The Morgan fingerprint density at radius 3 is 2.52 bits per heavy atom. The Labute approximate surface area is 147 Å². The van der Waals surface area contributed by atoms with E-state index in [0.717, 1.165) is 35.0 Å². The lowest BCUT2D eigenvalue weighted by Gasteiger charge is -2.27. The Balaban J connectivity index is 1.57. The molecule has 2 heterocycles. The van der Waals surface area contributed by atoms with Crippen LogP contribution in [-0.2, 0) is 10.0 Å². The summed E-state index contributed by atoms with van der Waals surface area (Å²) >= 11 is 0. The minimum absolute atomic E-state index is 0.0241. The van der Waals surface area contributed by atoms with Crippen molar-refractivity contribution < 1.29 is 13.2 Å². The first kappa shape index (κ1) is 16.5. The number of nitrogens with zero attached hydrogens (tertiary/aromatic N) is 3. The van der Waals surface area contributed by atoms with Crippen molar-refractivity contribution >= 4 is 32.4 Å². The molecule has 7 heteroatoms. The van der Waals surface area contributed by atoms with Crippen molar-refractivity contribution in [2.24, 2.45) is 0 Å². The van der Waals surface area contributed by atoms with E-state index in [2.05, 4.69) is 4.90 Å². The molecule has 0 aliphatic carbocycles. The van der Waals surface area contributed by atoms with E-state index >= 15 is 0 Å². The summed E-state index contributed by atoms with van der Waals surface area (Å²) in [7, 11) is -3.16. The number of carbonyl (C=O) groups excluding carboxylic acids is 1. The first-order valence-electron chi connectivity index (χ1n) is 8.46. The lowest BCUT2D eigenvalue weighted by atomic mass is 10.1. The van der Waals surface area contributed by atoms with E-state index in [1.807, 2.05) is 41.3 Å². The van der Waals surface area contributed by atoms with Crippen LogP contribution in [0.1, 0.15) is 16.8 Å². The van der Waals surface area contributed by atoms with Crippen LogP contribution in [0.15, 0.2) is 36.4 Å². The second kappa shape index (κ2) is 6.09. The summed E-state index contributed by atoms with van der Waals surface area (Å²) in [6.45, 7) is 2.91. The van der Waals surface area contributed by atoms with Gasteiger partial charge in [0.15, 0.2) is 0 Å². The van der Waals surface area contributed by atoms with Crippen molar-refractivity contribution in [3.05, 3.63) is 42.0 Å². The van der Waals surface area contributed by atoms with Gasteiger partial charge in [0.05, 0.1) is 18.6 Å². The van der Waals surface area contributed by atoms with Crippen LogP contribution >= 0.6 is 0 Å². The number of hydrogen-bond donors (Lipinski definition) is 0. The highest BCUT2D eigenvalue weighted by Gasteiger charge is 2.31. The molecule has 1 amide bonds. The van der Waals surface area contributed by atoms with E-state index in [0.29, 0.717) is 26.3 Å². The number of anilines is 1. The third-order valence-corrected chi connectivity index (χ3v) is 6.31. The van der Waals surface area contributed by atoms with E-state index < -0.39 is 10.0 Å². The molecule has 6 nitrogen and oxygen atoms in total. The number of rotatable bonds is 3. The van der Waals surface area contributed by atoms with Crippen molar-refractivity contribution in [2.45, 2.75) is 6.42 Å². The van der Waals surface area contributed by atoms with E-state index in [1.165, 1.54) is 10.6 Å². The summed E-state index contributed by atoms with van der Waals surface area (Å²) in [5, 5.41) is 2.09. The summed E-state index contributed by atoms with van der Waals surface area (Å²) in [6.07, 6.45) is 2.02. The standard InChI is InChI=1S/C18H21N3O3S/c1-25(23,24)20-10-4-9-19(11-12-20)13-21-16-8-3-6-14-5-2-7-15(17(14)16)18(21)22/h2-3,5-8H,4,9-13H2,1H3. The quantitative estimate of drug-likeness (QED) is 0.837. The van der Waals surface area contributed by atoms with Crippen LogP contribution in [0.2, 0.25) is 0 Å². The molecule has 0 aromatic heterocycles. The van der Waals surface area contributed by atoms with Crippen LogP contribution in [-0.4, -0.2) is 62.6 Å². The summed E-state index contributed by atoms with van der Waals surface area (Å²) in [4.78, 5) is 16.8. The lowest BCUT2D eigenvalue weighted by Crippen LogP contribution is -2.42. The molecular weight excluding hydrogens is 338 g/mol. The summed E-state index contributed by atoms with van der Waals surface area (Å²) in [6, 6.07) is 11.8. The molecule has 25 heavy (non-hydrogen) atoms. The monoisotopic (exact) mass is 359 g/mol. The van der Waals surface area contributed by atoms with Crippen LogP contribution in [0, 0.1) is 0 Å². The fourth-order valence-corrected chi connectivity index (χ4v) is 4.61. The van der Waals surface area contributed by atoms with E-state index in [-0.39, 0.29) is 5.91 Å². The number of carbonyl (C=O) groups is 1. The van der Waals surface area contributed by atoms with Gasteiger partial charge in [0.2, 0.25) is 10.0 Å². The van der Waals surface area contributed by atoms with Gasteiger partial charge in [-0.3, -0.25) is 14.6 Å². The Bertz CT molecular complexity index is 936. The minimum atomic E-state index is -3.16. The van der Waals surface area contributed by atoms with E-state index in [1.54, 1.807) is 0 Å². The normalized spacial score (nSPS) is 19.6.